The zero-order chi connectivity index (χ0) is 18.7. The summed E-state index contributed by atoms with van der Waals surface area (Å²) in [4.78, 5) is 27.7. The van der Waals surface area contributed by atoms with E-state index in [1.165, 1.54) is 28.8 Å². The van der Waals surface area contributed by atoms with E-state index in [2.05, 4.69) is 5.32 Å². The Labute approximate surface area is 156 Å². The molecular formula is C20H19FN2O2S. The van der Waals surface area contributed by atoms with Crippen molar-refractivity contribution in [3.63, 3.8) is 0 Å². The van der Waals surface area contributed by atoms with E-state index in [1.54, 1.807) is 18.2 Å². The van der Waals surface area contributed by atoms with Crippen molar-refractivity contribution in [2.24, 2.45) is 0 Å². The molecule has 1 aliphatic rings. The third-order valence-corrected chi connectivity index (χ3v) is 4.89. The molecular weight excluding hydrogens is 351 g/mol. The van der Waals surface area contributed by atoms with E-state index < -0.39 is 0 Å². The maximum absolute atomic E-state index is 14.1. The van der Waals surface area contributed by atoms with E-state index in [4.69, 9.17) is 0 Å². The van der Waals surface area contributed by atoms with Gasteiger partial charge < -0.3 is 10.2 Å². The van der Waals surface area contributed by atoms with E-state index >= 15 is 0 Å². The van der Waals surface area contributed by atoms with Crippen molar-refractivity contribution in [2.45, 2.75) is 31.3 Å². The highest BCUT2D eigenvalue weighted by atomic mass is 32.2. The molecule has 0 aliphatic carbocycles. The van der Waals surface area contributed by atoms with Crippen LogP contribution in [0.4, 0.5) is 10.1 Å². The first kappa shape index (κ1) is 18.2. The SMILES string of the molecule is CC(C)NC(=O)/C=C1\Sc2ccccc2N(Cc2ccccc2F)C1=O. The Kier molecular flexibility index (Phi) is 5.42. The summed E-state index contributed by atoms with van der Waals surface area (Å²) in [5.41, 5.74) is 1.14. The molecule has 2 aromatic rings. The number of para-hydroxylation sites is 1. The van der Waals surface area contributed by atoms with Crippen molar-refractivity contribution in [1.82, 2.24) is 5.32 Å². The molecule has 0 unspecified atom stereocenters. The van der Waals surface area contributed by atoms with Crippen molar-refractivity contribution >= 4 is 29.3 Å². The zero-order valence-corrected chi connectivity index (χ0v) is 15.3. The maximum atomic E-state index is 14.1. The second-order valence-electron chi connectivity index (χ2n) is 6.22. The van der Waals surface area contributed by atoms with Crippen LogP contribution in [0.5, 0.6) is 0 Å². The topological polar surface area (TPSA) is 49.4 Å². The van der Waals surface area contributed by atoms with Gasteiger partial charge >= 0.3 is 0 Å². The van der Waals surface area contributed by atoms with E-state index in [9.17, 15) is 14.0 Å². The molecule has 2 amide bonds. The predicted molar refractivity (Wildman–Crippen MR) is 101 cm³/mol. The molecule has 1 N–H and O–H groups in total. The van der Waals surface area contributed by atoms with Crippen LogP contribution in [-0.2, 0) is 16.1 Å². The summed E-state index contributed by atoms with van der Waals surface area (Å²) < 4.78 is 14.1. The van der Waals surface area contributed by atoms with Crippen LogP contribution in [0.15, 0.2) is 64.4 Å². The van der Waals surface area contributed by atoms with Gasteiger partial charge in [-0.1, -0.05) is 42.1 Å². The standard InChI is InChI=1S/C20H19FN2O2S/c1-13(2)22-19(24)11-18-20(25)23(12-14-7-3-4-8-15(14)21)16-9-5-6-10-17(16)26-18/h3-11,13H,12H2,1-2H3,(H,22,24)/b18-11-. The summed E-state index contributed by atoms with van der Waals surface area (Å²) in [6.07, 6.45) is 1.32. The van der Waals surface area contributed by atoms with Gasteiger partial charge in [0.25, 0.3) is 5.91 Å². The fraction of sp³-hybridized carbons (Fsp3) is 0.200. The Morgan fingerprint density at radius 1 is 1.19 bits per heavy atom. The third-order valence-electron chi connectivity index (χ3n) is 3.81. The van der Waals surface area contributed by atoms with Crippen LogP contribution in [0, 0.1) is 5.82 Å². The lowest BCUT2D eigenvalue weighted by molar-refractivity contribution is -0.118. The summed E-state index contributed by atoms with van der Waals surface area (Å²) >= 11 is 1.25. The van der Waals surface area contributed by atoms with E-state index in [0.29, 0.717) is 16.2 Å². The Balaban J connectivity index is 1.97. The minimum atomic E-state index is -0.362. The largest absolute Gasteiger partial charge is 0.350 e. The number of nitrogens with zero attached hydrogens (tertiary/aromatic N) is 1. The first-order valence-electron chi connectivity index (χ1n) is 8.30. The number of halogens is 1. The number of nitrogens with one attached hydrogen (secondary N) is 1. The van der Waals surface area contributed by atoms with Gasteiger partial charge in [-0.05, 0) is 32.0 Å². The molecule has 134 valence electrons. The lowest BCUT2D eigenvalue weighted by Crippen LogP contribution is -2.35. The van der Waals surface area contributed by atoms with Crippen molar-refractivity contribution < 1.29 is 14.0 Å². The van der Waals surface area contributed by atoms with Crippen LogP contribution in [0.3, 0.4) is 0 Å². The Hall–Kier alpha value is -2.60. The molecule has 2 aromatic carbocycles. The molecule has 0 bridgehead atoms. The van der Waals surface area contributed by atoms with Gasteiger partial charge in [0.2, 0.25) is 5.91 Å². The zero-order valence-electron chi connectivity index (χ0n) is 14.5. The number of rotatable bonds is 4. The van der Waals surface area contributed by atoms with Crippen LogP contribution < -0.4 is 10.2 Å². The summed E-state index contributed by atoms with van der Waals surface area (Å²) in [6, 6.07) is 13.8. The minimum absolute atomic E-state index is 0.0233. The summed E-state index contributed by atoms with van der Waals surface area (Å²) in [7, 11) is 0. The monoisotopic (exact) mass is 370 g/mol. The molecule has 0 spiro atoms. The summed E-state index contributed by atoms with van der Waals surface area (Å²) in [6.45, 7) is 3.81. The van der Waals surface area contributed by atoms with E-state index in [0.717, 1.165) is 4.90 Å². The van der Waals surface area contributed by atoms with Crippen molar-refractivity contribution in [3.05, 3.63) is 70.9 Å². The quantitative estimate of drug-likeness (QED) is 0.831. The van der Waals surface area contributed by atoms with Gasteiger partial charge in [-0.15, -0.1) is 0 Å². The number of carbonyl (C=O) groups is 2. The maximum Gasteiger partial charge on any atom is 0.265 e. The first-order chi connectivity index (χ1) is 12.5. The number of carbonyl (C=O) groups excluding carboxylic acids is 2. The number of anilines is 1. The van der Waals surface area contributed by atoms with Crippen LogP contribution in [0.2, 0.25) is 0 Å². The third kappa shape index (κ3) is 3.96. The van der Waals surface area contributed by atoms with Gasteiger partial charge in [0.1, 0.15) is 5.82 Å². The van der Waals surface area contributed by atoms with Gasteiger partial charge in [0.15, 0.2) is 0 Å². The average molecular weight is 370 g/mol. The molecule has 0 fully saturated rings. The molecule has 0 atom stereocenters. The van der Waals surface area contributed by atoms with Gasteiger partial charge in [-0.2, -0.15) is 0 Å². The van der Waals surface area contributed by atoms with Crippen LogP contribution in [0.1, 0.15) is 19.4 Å². The van der Waals surface area contributed by atoms with Crippen LogP contribution in [-0.4, -0.2) is 17.9 Å². The van der Waals surface area contributed by atoms with Gasteiger partial charge in [0.05, 0.1) is 17.1 Å². The fourth-order valence-corrected chi connectivity index (χ4v) is 3.69. The predicted octanol–water partition coefficient (Wildman–Crippen LogP) is 3.87. The van der Waals surface area contributed by atoms with E-state index in [-0.39, 0.29) is 30.2 Å². The summed E-state index contributed by atoms with van der Waals surface area (Å²) in [5, 5.41) is 2.75. The first-order valence-corrected chi connectivity index (χ1v) is 9.11. The van der Waals surface area contributed by atoms with Crippen LogP contribution >= 0.6 is 11.8 Å². The van der Waals surface area contributed by atoms with Crippen molar-refractivity contribution in [3.8, 4) is 0 Å². The normalized spacial score (nSPS) is 15.3. The second-order valence-corrected chi connectivity index (χ2v) is 7.31. The molecule has 0 saturated carbocycles. The number of hydrogen-bond donors (Lipinski definition) is 1. The van der Waals surface area contributed by atoms with Gasteiger partial charge in [-0.25, -0.2) is 4.39 Å². The molecule has 0 radical (unpaired) electrons. The number of hydrogen-bond acceptors (Lipinski definition) is 3. The lowest BCUT2D eigenvalue weighted by atomic mass is 10.1. The highest BCUT2D eigenvalue weighted by Crippen LogP contribution is 2.41. The van der Waals surface area contributed by atoms with Gasteiger partial charge in [-0.3, -0.25) is 9.59 Å². The number of fused-ring (bicyclic) bond motifs is 1. The molecule has 26 heavy (non-hydrogen) atoms. The fourth-order valence-electron chi connectivity index (χ4n) is 2.66. The Morgan fingerprint density at radius 2 is 1.88 bits per heavy atom. The number of benzene rings is 2. The van der Waals surface area contributed by atoms with Gasteiger partial charge in [0, 0.05) is 22.6 Å². The molecule has 3 rings (SSSR count). The number of amides is 2. The molecule has 1 aliphatic heterocycles. The highest BCUT2D eigenvalue weighted by molar-refractivity contribution is 8.04. The summed E-state index contributed by atoms with van der Waals surface area (Å²) in [5.74, 6) is -0.990. The molecule has 4 nitrogen and oxygen atoms in total. The lowest BCUT2D eigenvalue weighted by Gasteiger charge is -2.30. The molecule has 1 heterocycles. The Morgan fingerprint density at radius 3 is 2.62 bits per heavy atom. The second kappa shape index (κ2) is 7.74. The Bertz CT molecular complexity index is 880. The van der Waals surface area contributed by atoms with Crippen molar-refractivity contribution in [2.75, 3.05) is 4.90 Å². The van der Waals surface area contributed by atoms with Crippen molar-refractivity contribution in [1.29, 1.82) is 0 Å². The number of thioether (sulfide) groups is 1. The smallest absolute Gasteiger partial charge is 0.265 e. The molecule has 6 heteroatoms. The minimum Gasteiger partial charge on any atom is -0.350 e. The van der Waals surface area contributed by atoms with Crippen LogP contribution in [0.25, 0.3) is 0 Å². The molecule has 0 saturated heterocycles. The highest BCUT2D eigenvalue weighted by Gasteiger charge is 2.30. The average Bonchev–Trinajstić information content (AvgIpc) is 2.59. The van der Waals surface area contributed by atoms with E-state index in [1.807, 2.05) is 38.1 Å². The molecule has 0 aromatic heterocycles.